The number of ether oxygens (including phenoxy) is 1. The van der Waals surface area contributed by atoms with Crippen LogP contribution in [0.2, 0.25) is 0 Å². The Balaban J connectivity index is 1.22. The molecular weight excluding hydrogens is 382 g/mol. The summed E-state index contributed by atoms with van der Waals surface area (Å²) < 4.78 is 5.71. The maximum Gasteiger partial charge on any atom is 0.251 e. The van der Waals surface area contributed by atoms with Gasteiger partial charge in [-0.2, -0.15) is 0 Å². The van der Waals surface area contributed by atoms with E-state index < -0.39 is 0 Å². The molecule has 0 aromatic heterocycles. The van der Waals surface area contributed by atoms with Crippen molar-refractivity contribution in [2.24, 2.45) is 5.92 Å². The van der Waals surface area contributed by atoms with Crippen molar-refractivity contribution >= 4 is 17.7 Å². The molecule has 156 valence electrons. The van der Waals surface area contributed by atoms with Crippen LogP contribution < -0.4 is 10.1 Å². The first-order valence-electron chi connectivity index (χ1n) is 10.3. The van der Waals surface area contributed by atoms with Crippen molar-refractivity contribution < 1.29 is 19.1 Å². The molecule has 2 aromatic rings. The molecule has 1 aliphatic carbocycles. The molecule has 1 heterocycles. The van der Waals surface area contributed by atoms with Gasteiger partial charge >= 0.3 is 0 Å². The van der Waals surface area contributed by atoms with Crippen LogP contribution in [0.25, 0.3) is 0 Å². The minimum atomic E-state index is -0.308. The van der Waals surface area contributed by atoms with Gasteiger partial charge in [0.05, 0.1) is 6.54 Å². The quantitative estimate of drug-likeness (QED) is 0.797. The van der Waals surface area contributed by atoms with Crippen molar-refractivity contribution in [3.05, 3.63) is 60.2 Å². The number of nitrogens with zero attached hydrogens (tertiary/aromatic N) is 2. The Morgan fingerprint density at radius 1 is 0.833 bits per heavy atom. The molecule has 2 aromatic carbocycles. The Hall–Kier alpha value is -3.35. The molecule has 2 aliphatic rings. The highest BCUT2D eigenvalue weighted by molar-refractivity contribution is 5.96. The normalized spacial score (nSPS) is 16.1. The van der Waals surface area contributed by atoms with E-state index in [1.807, 2.05) is 35.2 Å². The number of carbonyl (C=O) groups excluding carboxylic acids is 3. The molecule has 0 unspecified atom stereocenters. The summed E-state index contributed by atoms with van der Waals surface area (Å²) in [5.74, 6) is 1.33. The van der Waals surface area contributed by atoms with Crippen LogP contribution in [-0.4, -0.2) is 60.2 Å². The lowest BCUT2D eigenvalue weighted by Crippen LogP contribution is -2.52. The Labute approximate surface area is 175 Å². The van der Waals surface area contributed by atoms with Crippen molar-refractivity contribution in [3.8, 4) is 11.5 Å². The van der Waals surface area contributed by atoms with Crippen LogP contribution >= 0.6 is 0 Å². The van der Waals surface area contributed by atoms with Gasteiger partial charge in [0, 0.05) is 37.7 Å². The highest BCUT2D eigenvalue weighted by atomic mass is 16.5. The third-order valence-corrected chi connectivity index (χ3v) is 5.37. The topological polar surface area (TPSA) is 79.0 Å². The van der Waals surface area contributed by atoms with E-state index in [1.54, 1.807) is 29.2 Å². The lowest BCUT2D eigenvalue weighted by Gasteiger charge is -2.35. The molecule has 2 fully saturated rings. The smallest absolute Gasteiger partial charge is 0.251 e. The zero-order valence-corrected chi connectivity index (χ0v) is 16.8. The molecule has 1 aliphatic heterocycles. The first-order valence-corrected chi connectivity index (χ1v) is 10.3. The fraction of sp³-hybridized carbons (Fsp3) is 0.348. The molecule has 0 radical (unpaired) electrons. The van der Waals surface area contributed by atoms with Gasteiger partial charge < -0.3 is 19.9 Å². The molecule has 7 heteroatoms. The highest BCUT2D eigenvalue weighted by Gasteiger charge is 2.35. The summed E-state index contributed by atoms with van der Waals surface area (Å²) in [4.78, 5) is 40.4. The Morgan fingerprint density at radius 2 is 1.43 bits per heavy atom. The van der Waals surface area contributed by atoms with Gasteiger partial charge in [0.1, 0.15) is 11.5 Å². The van der Waals surface area contributed by atoms with Gasteiger partial charge in [-0.05, 0) is 49.2 Å². The van der Waals surface area contributed by atoms with Gasteiger partial charge in [0.25, 0.3) is 5.91 Å². The predicted octanol–water partition coefficient (Wildman–Crippen LogP) is 2.29. The van der Waals surface area contributed by atoms with Gasteiger partial charge in [-0.3, -0.25) is 14.4 Å². The van der Waals surface area contributed by atoms with Crippen molar-refractivity contribution in [2.75, 3.05) is 32.7 Å². The van der Waals surface area contributed by atoms with Crippen LogP contribution in [-0.2, 0) is 9.59 Å². The number of carbonyl (C=O) groups is 3. The van der Waals surface area contributed by atoms with E-state index in [4.69, 9.17) is 4.74 Å². The van der Waals surface area contributed by atoms with E-state index in [0.717, 1.165) is 18.6 Å². The van der Waals surface area contributed by atoms with Crippen molar-refractivity contribution in [1.29, 1.82) is 0 Å². The number of piperazine rings is 1. The standard InChI is InChI=1S/C23H25N3O4/c27-21(25-12-14-26(15-13-25)23(29)18-6-7-18)16-24-22(28)17-8-10-20(11-9-17)30-19-4-2-1-3-5-19/h1-5,8-11,18H,6-7,12-16H2,(H,24,28). The van der Waals surface area contributed by atoms with E-state index in [0.29, 0.717) is 37.5 Å². The highest BCUT2D eigenvalue weighted by Crippen LogP contribution is 2.31. The van der Waals surface area contributed by atoms with Crippen LogP contribution in [0.3, 0.4) is 0 Å². The number of amides is 3. The third kappa shape index (κ3) is 4.97. The Kier molecular flexibility index (Phi) is 5.97. The monoisotopic (exact) mass is 407 g/mol. The van der Waals surface area contributed by atoms with Crippen LogP contribution in [0.4, 0.5) is 0 Å². The van der Waals surface area contributed by atoms with Gasteiger partial charge in [0.2, 0.25) is 11.8 Å². The lowest BCUT2D eigenvalue weighted by atomic mass is 10.2. The van der Waals surface area contributed by atoms with E-state index >= 15 is 0 Å². The number of rotatable bonds is 6. The molecule has 1 saturated carbocycles. The number of hydrogen-bond donors (Lipinski definition) is 1. The summed E-state index contributed by atoms with van der Waals surface area (Å²) >= 11 is 0. The fourth-order valence-electron chi connectivity index (χ4n) is 3.43. The summed E-state index contributed by atoms with van der Waals surface area (Å²) in [6.07, 6.45) is 1.98. The summed E-state index contributed by atoms with van der Waals surface area (Å²) in [5, 5.41) is 2.68. The summed E-state index contributed by atoms with van der Waals surface area (Å²) in [7, 11) is 0. The fourth-order valence-corrected chi connectivity index (χ4v) is 3.43. The zero-order valence-electron chi connectivity index (χ0n) is 16.8. The summed E-state index contributed by atoms with van der Waals surface area (Å²) in [6.45, 7) is 2.10. The SMILES string of the molecule is O=C(NCC(=O)N1CCN(C(=O)C2CC2)CC1)c1ccc(Oc2ccccc2)cc1. The average molecular weight is 407 g/mol. The Bertz CT molecular complexity index is 902. The van der Waals surface area contributed by atoms with Gasteiger partial charge in [-0.15, -0.1) is 0 Å². The molecule has 7 nitrogen and oxygen atoms in total. The zero-order chi connectivity index (χ0) is 20.9. The average Bonchev–Trinajstić information content (AvgIpc) is 3.63. The number of hydrogen-bond acceptors (Lipinski definition) is 4. The third-order valence-electron chi connectivity index (χ3n) is 5.37. The summed E-state index contributed by atoms with van der Waals surface area (Å²) in [5.41, 5.74) is 0.461. The molecule has 0 atom stereocenters. The van der Waals surface area contributed by atoms with Crippen molar-refractivity contribution in [1.82, 2.24) is 15.1 Å². The minimum Gasteiger partial charge on any atom is -0.457 e. The van der Waals surface area contributed by atoms with Crippen LogP contribution in [0.1, 0.15) is 23.2 Å². The second-order valence-corrected chi connectivity index (χ2v) is 7.60. The predicted molar refractivity (Wildman–Crippen MR) is 111 cm³/mol. The number of nitrogens with one attached hydrogen (secondary N) is 1. The molecule has 1 N–H and O–H groups in total. The van der Waals surface area contributed by atoms with Gasteiger partial charge in [-0.1, -0.05) is 18.2 Å². The van der Waals surface area contributed by atoms with Gasteiger partial charge in [-0.25, -0.2) is 0 Å². The maximum atomic E-state index is 12.4. The van der Waals surface area contributed by atoms with E-state index in [9.17, 15) is 14.4 Å². The number of para-hydroxylation sites is 1. The first kappa shape index (κ1) is 19.9. The van der Waals surface area contributed by atoms with Crippen LogP contribution in [0.15, 0.2) is 54.6 Å². The maximum absolute atomic E-state index is 12.4. The van der Waals surface area contributed by atoms with Gasteiger partial charge in [0.15, 0.2) is 0 Å². The Morgan fingerprint density at radius 3 is 2.07 bits per heavy atom. The molecule has 1 saturated heterocycles. The second kappa shape index (κ2) is 8.98. The molecule has 0 bridgehead atoms. The van der Waals surface area contributed by atoms with E-state index in [2.05, 4.69) is 5.32 Å². The minimum absolute atomic E-state index is 0.0579. The molecule has 4 rings (SSSR count). The number of benzene rings is 2. The molecule has 3 amide bonds. The van der Waals surface area contributed by atoms with Crippen LogP contribution in [0.5, 0.6) is 11.5 Å². The second-order valence-electron chi connectivity index (χ2n) is 7.60. The molecular formula is C23H25N3O4. The van der Waals surface area contributed by atoms with Crippen molar-refractivity contribution in [3.63, 3.8) is 0 Å². The van der Waals surface area contributed by atoms with E-state index in [-0.39, 0.29) is 30.2 Å². The van der Waals surface area contributed by atoms with E-state index in [1.165, 1.54) is 0 Å². The molecule has 0 spiro atoms. The molecule has 30 heavy (non-hydrogen) atoms. The van der Waals surface area contributed by atoms with Crippen LogP contribution in [0, 0.1) is 5.92 Å². The lowest BCUT2D eigenvalue weighted by molar-refractivity contribution is -0.139. The van der Waals surface area contributed by atoms with Crippen molar-refractivity contribution in [2.45, 2.75) is 12.8 Å². The largest absolute Gasteiger partial charge is 0.457 e. The first-order chi connectivity index (χ1) is 14.6. The summed E-state index contributed by atoms with van der Waals surface area (Å²) in [6, 6.07) is 16.2.